The molecule has 0 saturated carbocycles. The van der Waals surface area contributed by atoms with Gasteiger partial charge in [-0.3, -0.25) is 9.48 Å². The standard InChI is InChI=1S/C23H27N9O5/c1-31-7-4-14(30-31)13-10-32(21-16(13)20(24)27-11-28-21)23-18(34)17(33)19(37-23)22(35)29-15-9-12(3-5-26-15)25-6-8-36-2/h3-5,7,9-11,17-19,23,33-34H,6,8H2,1-2H3,(H2,24,27,28)(H2,25,26,29,35)/t17-,18+,19-,23+/m0/s1. The van der Waals surface area contributed by atoms with Gasteiger partial charge in [-0.25, -0.2) is 15.0 Å². The van der Waals surface area contributed by atoms with E-state index in [2.05, 4.69) is 30.7 Å². The number of pyridine rings is 1. The van der Waals surface area contributed by atoms with Crippen molar-refractivity contribution in [2.24, 2.45) is 7.05 Å². The number of ether oxygens (including phenoxy) is 2. The first kappa shape index (κ1) is 24.6. The summed E-state index contributed by atoms with van der Waals surface area (Å²) in [4.78, 5) is 25.5. The fourth-order valence-corrected chi connectivity index (χ4v) is 4.26. The van der Waals surface area contributed by atoms with Crippen LogP contribution in [0.25, 0.3) is 22.3 Å². The lowest BCUT2D eigenvalue weighted by Crippen LogP contribution is -2.39. The number of hydrogen-bond donors (Lipinski definition) is 5. The molecule has 1 saturated heterocycles. The monoisotopic (exact) mass is 509 g/mol. The highest BCUT2D eigenvalue weighted by Crippen LogP contribution is 2.38. The van der Waals surface area contributed by atoms with Crippen molar-refractivity contribution >= 4 is 34.3 Å². The van der Waals surface area contributed by atoms with Crippen LogP contribution in [0, 0.1) is 0 Å². The van der Waals surface area contributed by atoms with Crippen LogP contribution in [0.15, 0.2) is 43.1 Å². The predicted octanol–water partition coefficient (Wildman–Crippen LogP) is 0.125. The predicted molar refractivity (Wildman–Crippen MR) is 133 cm³/mol. The smallest absolute Gasteiger partial charge is 0.257 e. The number of aliphatic hydroxyl groups excluding tert-OH is 2. The molecule has 0 radical (unpaired) electrons. The molecule has 5 heterocycles. The Morgan fingerprint density at radius 2 is 2.08 bits per heavy atom. The van der Waals surface area contributed by atoms with Crippen LogP contribution in [-0.4, -0.2) is 84.0 Å². The average molecular weight is 510 g/mol. The number of nitrogens with two attached hydrogens (primary N) is 1. The first-order valence-electron chi connectivity index (χ1n) is 11.5. The number of amides is 1. The first-order chi connectivity index (χ1) is 17.9. The van der Waals surface area contributed by atoms with E-state index in [0.717, 1.165) is 5.69 Å². The van der Waals surface area contributed by atoms with E-state index in [-0.39, 0.29) is 11.6 Å². The highest BCUT2D eigenvalue weighted by atomic mass is 16.6. The molecular formula is C23H27N9O5. The van der Waals surface area contributed by atoms with Crippen LogP contribution < -0.4 is 16.4 Å². The lowest BCUT2D eigenvalue weighted by Gasteiger charge is -2.17. The molecule has 0 unspecified atom stereocenters. The molecule has 5 rings (SSSR count). The summed E-state index contributed by atoms with van der Waals surface area (Å²) in [6.45, 7) is 1.09. The van der Waals surface area contributed by atoms with Crippen molar-refractivity contribution in [1.29, 1.82) is 0 Å². The third-order valence-corrected chi connectivity index (χ3v) is 6.05. The number of hydrogen-bond acceptors (Lipinski definition) is 11. The van der Waals surface area contributed by atoms with Gasteiger partial charge in [0.05, 0.1) is 17.7 Å². The maximum absolute atomic E-state index is 13.0. The molecule has 4 aromatic rings. The van der Waals surface area contributed by atoms with Gasteiger partial charge in [0.1, 0.15) is 35.8 Å². The molecule has 1 aliphatic rings. The van der Waals surface area contributed by atoms with Gasteiger partial charge in [0.25, 0.3) is 5.91 Å². The molecule has 6 N–H and O–H groups in total. The van der Waals surface area contributed by atoms with Crippen LogP contribution >= 0.6 is 0 Å². The molecule has 37 heavy (non-hydrogen) atoms. The number of anilines is 3. The van der Waals surface area contributed by atoms with Gasteiger partial charge in [-0.05, 0) is 12.1 Å². The lowest BCUT2D eigenvalue weighted by atomic mass is 10.1. The molecule has 1 aliphatic heterocycles. The second-order valence-corrected chi connectivity index (χ2v) is 8.55. The molecule has 14 heteroatoms. The van der Waals surface area contributed by atoms with Gasteiger partial charge in [0.2, 0.25) is 0 Å². The van der Waals surface area contributed by atoms with E-state index in [9.17, 15) is 15.0 Å². The van der Waals surface area contributed by atoms with Gasteiger partial charge in [0.15, 0.2) is 12.3 Å². The number of nitrogens with zero attached hydrogens (tertiary/aromatic N) is 6. The van der Waals surface area contributed by atoms with Crippen LogP contribution in [0.4, 0.5) is 17.3 Å². The van der Waals surface area contributed by atoms with Gasteiger partial charge in [-0.1, -0.05) is 0 Å². The minimum Gasteiger partial charge on any atom is -0.387 e. The molecule has 0 aliphatic carbocycles. The molecule has 1 fully saturated rings. The number of fused-ring (bicyclic) bond motifs is 1. The number of carbonyl (C=O) groups is 1. The Morgan fingerprint density at radius 3 is 2.84 bits per heavy atom. The van der Waals surface area contributed by atoms with Crippen molar-refractivity contribution in [3.05, 3.63) is 43.1 Å². The van der Waals surface area contributed by atoms with E-state index in [1.54, 1.807) is 49.4 Å². The highest BCUT2D eigenvalue weighted by Gasteiger charge is 2.48. The van der Waals surface area contributed by atoms with Gasteiger partial charge in [0, 0.05) is 56.6 Å². The van der Waals surface area contributed by atoms with E-state index in [0.29, 0.717) is 35.4 Å². The third-order valence-electron chi connectivity index (χ3n) is 6.05. The normalized spacial score (nSPS) is 21.4. The Kier molecular flexibility index (Phi) is 6.71. The second-order valence-electron chi connectivity index (χ2n) is 8.55. The average Bonchev–Trinajstić information content (AvgIpc) is 3.56. The Bertz CT molecular complexity index is 1420. The van der Waals surface area contributed by atoms with E-state index < -0.39 is 30.4 Å². The summed E-state index contributed by atoms with van der Waals surface area (Å²) in [5, 5.41) is 32.3. The van der Waals surface area contributed by atoms with Crippen LogP contribution in [0.2, 0.25) is 0 Å². The summed E-state index contributed by atoms with van der Waals surface area (Å²) in [7, 11) is 3.39. The fraction of sp³-hybridized carbons (Fsp3) is 0.348. The first-order valence-corrected chi connectivity index (χ1v) is 11.5. The van der Waals surface area contributed by atoms with Crippen LogP contribution in [0.3, 0.4) is 0 Å². The minimum absolute atomic E-state index is 0.219. The Morgan fingerprint density at radius 1 is 1.24 bits per heavy atom. The topological polar surface area (TPSA) is 187 Å². The number of nitrogen functional groups attached to an aromatic ring is 1. The zero-order valence-electron chi connectivity index (χ0n) is 20.1. The van der Waals surface area contributed by atoms with Crippen LogP contribution in [-0.2, 0) is 21.3 Å². The number of aryl methyl sites for hydroxylation is 1. The second kappa shape index (κ2) is 10.1. The van der Waals surface area contributed by atoms with Gasteiger partial charge in [-0.2, -0.15) is 5.10 Å². The molecule has 0 spiro atoms. The molecule has 4 aromatic heterocycles. The van der Waals surface area contributed by atoms with E-state index in [1.807, 2.05) is 0 Å². The summed E-state index contributed by atoms with van der Waals surface area (Å²) in [5.41, 5.74) is 8.47. The summed E-state index contributed by atoms with van der Waals surface area (Å²) in [6, 6.07) is 5.19. The maximum atomic E-state index is 13.0. The maximum Gasteiger partial charge on any atom is 0.257 e. The summed E-state index contributed by atoms with van der Waals surface area (Å²) < 4.78 is 14.1. The van der Waals surface area contributed by atoms with Crippen molar-refractivity contribution in [3.63, 3.8) is 0 Å². The van der Waals surface area contributed by atoms with Crippen molar-refractivity contribution < 1.29 is 24.5 Å². The van der Waals surface area contributed by atoms with Crippen molar-refractivity contribution in [2.75, 3.05) is 36.6 Å². The Hall–Kier alpha value is -4.11. The number of carbonyl (C=O) groups excluding carboxylic acids is 1. The molecule has 0 aromatic carbocycles. The quantitative estimate of drug-likeness (QED) is 0.203. The summed E-state index contributed by atoms with van der Waals surface area (Å²) >= 11 is 0. The SMILES string of the molecule is COCCNc1ccnc(NC(=O)[C@H]2O[C@@H](n3cc(-c4ccn(C)n4)c4c(N)ncnc43)[C@H](O)[C@@H]2O)c1. The van der Waals surface area contributed by atoms with Gasteiger partial charge >= 0.3 is 0 Å². The highest BCUT2D eigenvalue weighted by molar-refractivity contribution is 6.00. The Balaban J connectivity index is 1.40. The van der Waals surface area contributed by atoms with Crippen LogP contribution in [0.1, 0.15) is 6.23 Å². The van der Waals surface area contributed by atoms with Crippen molar-refractivity contribution in [1.82, 2.24) is 29.3 Å². The lowest BCUT2D eigenvalue weighted by molar-refractivity contribution is -0.132. The molecule has 0 bridgehead atoms. The molecule has 1 amide bonds. The van der Waals surface area contributed by atoms with Gasteiger partial charge in [-0.15, -0.1) is 0 Å². The largest absolute Gasteiger partial charge is 0.387 e. The van der Waals surface area contributed by atoms with E-state index >= 15 is 0 Å². The fourth-order valence-electron chi connectivity index (χ4n) is 4.26. The molecule has 14 nitrogen and oxygen atoms in total. The number of nitrogens with one attached hydrogen (secondary N) is 2. The van der Waals surface area contributed by atoms with Gasteiger partial charge < -0.3 is 40.6 Å². The van der Waals surface area contributed by atoms with E-state index in [1.165, 1.54) is 17.1 Å². The Labute approximate surface area is 211 Å². The number of aromatic nitrogens is 6. The molecular weight excluding hydrogens is 482 g/mol. The van der Waals surface area contributed by atoms with E-state index in [4.69, 9.17) is 15.2 Å². The summed E-state index contributed by atoms with van der Waals surface area (Å²) in [6.07, 6.45) is 0.810. The minimum atomic E-state index is -1.51. The van der Waals surface area contributed by atoms with Crippen LogP contribution in [0.5, 0.6) is 0 Å². The third kappa shape index (κ3) is 4.70. The molecule has 194 valence electrons. The van der Waals surface area contributed by atoms with Crippen molar-refractivity contribution in [2.45, 2.75) is 24.5 Å². The zero-order valence-corrected chi connectivity index (χ0v) is 20.1. The number of methoxy groups -OCH3 is 1. The van der Waals surface area contributed by atoms with Crippen molar-refractivity contribution in [3.8, 4) is 11.3 Å². The molecule has 4 atom stereocenters. The number of rotatable bonds is 8. The number of aliphatic hydroxyl groups is 2. The zero-order chi connectivity index (χ0) is 26.1. The summed E-state index contributed by atoms with van der Waals surface area (Å²) in [5.74, 6) is -0.187.